The normalized spacial score (nSPS) is 16.3. The Morgan fingerprint density at radius 3 is 2.62 bits per heavy atom. The van der Waals surface area contributed by atoms with E-state index in [1.807, 2.05) is 6.92 Å². The predicted molar refractivity (Wildman–Crippen MR) is 107 cm³/mol. The highest BCUT2D eigenvalue weighted by molar-refractivity contribution is 8.00. The number of ether oxygens (including phenoxy) is 1. The van der Waals surface area contributed by atoms with Crippen LogP contribution < -0.4 is 10.0 Å². The lowest BCUT2D eigenvalue weighted by atomic mass is 10.2. The number of carbonyl (C=O) groups excluding carboxylic acids is 4. The number of thiophene rings is 1. The van der Waals surface area contributed by atoms with E-state index in [0.717, 1.165) is 21.5 Å². The van der Waals surface area contributed by atoms with Crippen LogP contribution in [0.2, 0.25) is 0 Å². The van der Waals surface area contributed by atoms with Gasteiger partial charge in [0.15, 0.2) is 0 Å². The fraction of sp³-hybridized carbons (Fsp3) is 0.300. The smallest absolute Gasteiger partial charge is 0.341 e. The van der Waals surface area contributed by atoms with Crippen LogP contribution in [0.3, 0.4) is 0 Å². The van der Waals surface area contributed by atoms with Crippen LogP contribution >= 0.6 is 23.1 Å². The predicted octanol–water partition coefficient (Wildman–Crippen LogP) is 2.27. The second-order valence-corrected chi connectivity index (χ2v) is 8.53. The molecule has 1 saturated heterocycles. The lowest BCUT2D eigenvalue weighted by Gasteiger charge is -2.15. The van der Waals surface area contributed by atoms with Crippen LogP contribution in [0, 0.1) is 0 Å². The van der Waals surface area contributed by atoms with Crippen molar-refractivity contribution in [3.8, 4) is 0 Å². The Morgan fingerprint density at radius 2 is 1.97 bits per heavy atom. The van der Waals surface area contributed by atoms with Crippen LogP contribution in [0.5, 0.6) is 0 Å². The fourth-order valence-corrected chi connectivity index (χ4v) is 5.21. The zero-order chi connectivity index (χ0) is 21.1. The standard InChI is InChI=1S/C20H19NO6S2/c1-3-11-9-13(20(26)27-4-2)18(28-11)21-16(22)10-15(17(21)23)29-14-8-6-5-7-12(14)19(24)25/h5-9,15H,3-4,10H2,1-2H3,(H,24,25)/p-1/t15-/m0/s1. The molecule has 2 aromatic rings. The average molecular weight is 432 g/mol. The third-order valence-corrected chi connectivity index (χ3v) is 6.82. The number of aromatic carboxylic acids is 1. The van der Waals surface area contributed by atoms with Gasteiger partial charge in [-0.2, -0.15) is 0 Å². The summed E-state index contributed by atoms with van der Waals surface area (Å²) in [6.07, 6.45) is 0.553. The highest BCUT2D eigenvalue weighted by atomic mass is 32.2. The SMILES string of the molecule is CCOC(=O)c1cc(CC)sc1N1C(=O)C[C@H](Sc2ccccc2C(=O)[O-])C1=O. The van der Waals surface area contributed by atoms with Crippen LogP contribution in [-0.4, -0.2) is 35.6 Å². The van der Waals surface area contributed by atoms with Crippen molar-refractivity contribution in [2.24, 2.45) is 0 Å². The van der Waals surface area contributed by atoms with E-state index in [-0.39, 0.29) is 29.2 Å². The number of thioether (sulfide) groups is 1. The van der Waals surface area contributed by atoms with Gasteiger partial charge in [0.1, 0.15) is 5.00 Å². The molecule has 1 aliphatic rings. The average Bonchev–Trinajstić information content (AvgIpc) is 3.23. The van der Waals surface area contributed by atoms with Gasteiger partial charge in [-0.05, 0) is 25.5 Å². The van der Waals surface area contributed by atoms with Crippen molar-refractivity contribution in [2.75, 3.05) is 11.5 Å². The number of rotatable bonds is 7. The first-order valence-corrected chi connectivity index (χ1v) is 10.7. The Balaban J connectivity index is 1.91. The number of benzene rings is 1. The number of carboxylic acid groups (broad SMARTS) is 1. The number of nitrogens with zero attached hydrogens (tertiary/aromatic N) is 1. The summed E-state index contributed by atoms with van der Waals surface area (Å²) in [6.45, 7) is 3.77. The van der Waals surface area contributed by atoms with Crippen LogP contribution in [0.1, 0.15) is 45.9 Å². The largest absolute Gasteiger partial charge is 0.545 e. The first kappa shape index (κ1) is 21.1. The summed E-state index contributed by atoms with van der Waals surface area (Å²) in [7, 11) is 0. The van der Waals surface area contributed by atoms with Gasteiger partial charge in [0.2, 0.25) is 11.8 Å². The highest BCUT2D eigenvalue weighted by Crippen LogP contribution is 2.40. The molecule has 0 N–H and O–H groups in total. The molecular weight excluding hydrogens is 414 g/mol. The van der Waals surface area contributed by atoms with Crippen LogP contribution in [0.25, 0.3) is 0 Å². The van der Waals surface area contributed by atoms with Gasteiger partial charge >= 0.3 is 5.97 Å². The van der Waals surface area contributed by atoms with E-state index in [0.29, 0.717) is 11.3 Å². The molecule has 152 valence electrons. The van der Waals surface area contributed by atoms with Gasteiger partial charge in [-0.3, -0.25) is 9.59 Å². The van der Waals surface area contributed by atoms with Gasteiger partial charge in [-0.1, -0.05) is 25.1 Å². The zero-order valence-corrected chi connectivity index (χ0v) is 17.4. The van der Waals surface area contributed by atoms with Crippen molar-refractivity contribution in [3.05, 3.63) is 46.3 Å². The van der Waals surface area contributed by atoms with Crippen LogP contribution in [-0.2, 0) is 20.7 Å². The summed E-state index contributed by atoms with van der Waals surface area (Å²) < 4.78 is 5.06. The summed E-state index contributed by atoms with van der Waals surface area (Å²) in [4.78, 5) is 51.5. The molecule has 1 fully saturated rings. The molecule has 9 heteroatoms. The number of imide groups is 1. The van der Waals surface area contributed by atoms with Crippen LogP contribution in [0.4, 0.5) is 5.00 Å². The van der Waals surface area contributed by atoms with Crippen molar-refractivity contribution in [1.29, 1.82) is 0 Å². The number of carboxylic acids is 1. The minimum atomic E-state index is -1.35. The Morgan fingerprint density at radius 1 is 1.24 bits per heavy atom. The second-order valence-electron chi connectivity index (χ2n) is 6.17. The van der Waals surface area contributed by atoms with E-state index in [1.165, 1.54) is 17.4 Å². The molecular formula is C20H18NO6S2-. The van der Waals surface area contributed by atoms with Gasteiger partial charge in [0, 0.05) is 21.8 Å². The third kappa shape index (κ3) is 4.20. The number of carbonyl (C=O) groups is 4. The van der Waals surface area contributed by atoms with E-state index in [9.17, 15) is 24.3 Å². The Hall–Kier alpha value is -2.65. The topological polar surface area (TPSA) is 104 Å². The molecule has 1 aliphatic heterocycles. The summed E-state index contributed by atoms with van der Waals surface area (Å²) >= 11 is 2.21. The van der Waals surface area contributed by atoms with Gasteiger partial charge in [-0.15, -0.1) is 23.1 Å². The summed E-state index contributed by atoms with van der Waals surface area (Å²) in [5.41, 5.74) is 0.156. The molecule has 2 heterocycles. The molecule has 0 radical (unpaired) electrons. The number of hydrogen-bond donors (Lipinski definition) is 0. The molecule has 1 atom stereocenters. The monoisotopic (exact) mass is 432 g/mol. The van der Waals surface area contributed by atoms with Crippen LogP contribution in [0.15, 0.2) is 35.2 Å². The minimum Gasteiger partial charge on any atom is -0.545 e. The summed E-state index contributed by atoms with van der Waals surface area (Å²) in [5, 5.41) is 10.8. The molecule has 0 spiro atoms. The maximum Gasteiger partial charge on any atom is 0.341 e. The number of aryl methyl sites for hydroxylation is 1. The number of anilines is 1. The van der Waals surface area contributed by atoms with E-state index >= 15 is 0 Å². The second kappa shape index (κ2) is 8.79. The lowest BCUT2D eigenvalue weighted by Crippen LogP contribution is -2.31. The molecule has 0 saturated carbocycles. The van der Waals surface area contributed by atoms with Gasteiger partial charge in [0.05, 0.1) is 23.4 Å². The minimum absolute atomic E-state index is 0.0344. The van der Waals surface area contributed by atoms with E-state index < -0.39 is 29.0 Å². The Bertz CT molecular complexity index is 983. The third-order valence-electron chi connectivity index (χ3n) is 4.29. The maximum absolute atomic E-state index is 13.0. The zero-order valence-electron chi connectivity index (χ0n) is 15.8. The van der Waals surface area contributed by atoms with Gasteiger partial charge < -0.3 is 14.6 Å². The van der Waals surface area contributed by atoms with E-state index in [4.69, 9.17) is 4.74 Å². The fourth-order valence-electron chi connectivity index (χ4n) is 2.93. The molecule has 3 rings (SSSR count). The molecule has 0 bridgehead atoms. The molecule has 7 nitrogen and oxygen atoms in total. The van der Waals surface area contributed by atoms with Crippen molar-refractivity contribution in [1.82, 2.24) is 0 Å². The molecule has 1 aromatic heterocycles. The first-order valence-electron chi connectivity index (χ1n) is 9.01. The molecule has 2 amide bonds. The maximum atomic E-state index is 13.0. The lowest BCUT2D eigenvalue weighted by molar-refractivity contribution is -0.255. The number of hydrogen-bond acceptors (Lipinski definition) is 8. The highest BCUT2D eigenvalue weighted by Gasteiger charge is 2.43. The van der Waals surface area contributed by atoms with E-state index in [2.05, 4.69) is 0 Å². The quantitative estimate of drug-likeness (QED) is 0.488. The summed E-state index contributed by atoms with van der Waals surface area (Å²) in [6, 6.07) is 7.82. The summed E-state index contributed by atoms with van der Waals surface area (Å²) in [5.74, 6) is -2.86. The Labute approximate surface area is 175 Å². The van der Waals surface area contributed by atoms with E-state index in [1.54, 1.807) is 31.2 Å². The van der Waals surface area contributed by atoms with Crippen molar-refractivity contribution < 1.29 is 29.0 Å². The van der Waals surface area contributed by atoms with Gasteiger partial charge in [0.25, 0.3) is 0 Å². The molecule has 29 heavy (non-hydrogen) atoms. The molecule has 1 aromatic carbocycles. The van der Waals surface area contributed by atoms with Gasteiger partial charge in [-0.25, -0.2) is 9.69 Å². The van der Waals surface area contributed by atoms with Crippen molar-refractivity contribution in [2.45, 2.75) is 36.8 Å². The van der Waals surface area contributed by atoms with Crippen molar-refractivity contribution in [3.63, 3.8) is 0 Å². The molecule has 0 unspecified atom stereocenters. The van der Waals surface area contributed by atoms with Crippen molar-refractivity contribution >= 4 is 51.9 Å². The number of amides is 2. The number of esters is 1. The Kier molecular flexibility index (Phi) is 6.39. The molecule has 0 aliphatic carbocycles. The first-order chi connectivity index (χ1) is 13.9.